The Morgan fingerprint density at radius 2 is 1.70 bits per heavy atom. The lowest BCUT2D eigenvalue weighted by Crippen LogP contribution is -2.31. The number of benzene rings is 2. The summed E-state index contributed by atoms with van der Waals surface area (Å²) in [6.45, 7) is 0. The zero-order valence-electron chi connectivity index (χ0n) is 18.6. The highest BCUT2D eigenvalue weighted by Gasteiger charge is 2.23. The van der Waals surface area contributed by atoms with Crippen LogP contribution in [0.2, 0.25) is 0 Å². The summed E-state index contributed by atoms with van der Waals surface area (Å²) in [4.78, 5) is 23.0. The minimum atomic E-state index is -0.496. The highest BCUT2D eigenvalue weighted by Crippen LogP contribution is 2.30. The van der Waals surface area contributed by atoms with Gasteiger partial charge in [-0.05, 0) is 54.1 Å². The van der Waals surface area contributed by atoms with Crippen molar-refractivity contribution in [1.29, 1.82) is 0 Å². The first-order valence-electron chi connectivity index (χ1n) is 10.3. The summed E-state index contributed by atoms with van der Waals surface area (Å²) in [5.41, 5.74) is 1.35. The van der Waals surface area contributed by atoms with Crippen molar-refractivity contribution < 1.29 is 14.3 Å². The lowest BCUT2D eigenvalue weighted by atomic mass is 10.0. The monoisotopic (exact) mass is 460 g/mol. The number of aromatic nitrogens is 3. The van der Waals surface area contributed by atoms with Gasteiger partial charge in [-0.2, -0.15) is 0 Å². The summed E-state index contributed by atoms with van der Waals surface area (Å²) in [7, 11) is 5.08. The standard InChI is InChI=1S/C25H24N4O3S/c1-29-13-12-27-24(29)23(18-14-19(31-2)16-20(15-18)32-3)28-25(30)17-7-9-21(10-8-17)33-22-6-4-5-11-26-22/h4-16,23H,1-3H3,(H,28,30). The molecule has 4 rings (SSSR count). The van der Waals surface area contributed by atoms with Crippen molar-refractivity contribution in [3.63, 3.8) is 0 Å². The fourth-order valence-electron chi connectivity index (χ4n) is 3.37. The summed E-state index contributed by atoms with van der Waals surface area (Å²) in [5.74, 6) is 1.75. The van der Waals surface area contributed by atoms with E-state index in [4.69, 9.17) is 9.47 Å². The van der Waals surface area contributed by atoms with E-state index in [9.17, 15) is 4.79 Å². The third-order valence-corrected chi connectivity index (χ3v) is 6.03. The molecular weight excluding hydrogens is 436 g/mol. The van der Waals surface area contributed by atoms with Crippen LogP contribution in [-0.4, -0.2) is 34.7 Å². The van der Waals surface area contributed by atoms with Crippen LogP contribution in [0.4, 0.5) is 0 Å². The van der Waals surface area contributed by atoms with E-state index in [-0.39, 0.29) is 5.91 Å². The minimum absolute atomic E-state index is 0.209. The lowest BCUT2D eigenvalue weighted by molar-refractivity contribution is 0.0941. The number of carbonyl (C=O) groups excluding carboxylic acids is 1. The first-order valence-corrected chi connectivity index (χ1v) is 11.1. The van der Waals surface area contributed by atoms with E-state index in [1.54, 1.807) is 44.4 Å². The Kier molecular flexibility index (Phi) is 6.95. The number of carbonyl (C=O) groups is 1. The van der Waals surface area contributed by atoms with Crippen LogP contribution in [0.3, 0.4) is 0 Å². The molecule has 0 aliphatic rings. The third kappa shape index (κ3) is 5.35. The van der Waals surface area contributed by atoms with E-state index < -0.39 is 6.04 Å². The maximum atomic E-state index is 13.2. The summed E-state index contributed by atoms with van der Waals surface area (Å²) in [5, 5.41) is 4.01. The van der Waals surface area contributed by atoms with Crippen molar-refractivity contribution in [2.75, 3.05) is 14.2 Å². The van der Waals surface area contributed by atoms with Gasteiger partial charge in [0.2, 0.25) is 0 Å². The molecule has 1 unspecified atom stereocenters. The van der Waals surface area contributed by atoms with Crippen LogP contribution in [0.5, 0.6) is 11.5 Å². The van der Waals surface area contributed by atoms with Gasteiger partial charge in [0.1, 0.15) is 28.4 Å². The number of nitrogens with one attached hydrogen (secondary N) is 1. The van der Waals surface area contributed by atoms with E-state index in [1.807, 2.05) is 72.4 Å². The molecule has 0 radical (unpaired) electrons. The highest BCUT2D eigenvalue weighted by atomic mass is 32.2. The van der Waals surface area contributed by atoms with E-state index in [2.05, 4.69) is 15.3 Å². The quantitative estimate of drug-likeness (QED) is 0.417. The Balaban J connectivity index is 1.59. The van der Waals surface area contributed by atoms with Gasteiger partial charge in [0.25, 0.3) is 5.91 Å². The van der Waals surface area contributed by atoms with Gasteiger partial charge in [-0.1, -0.05) is 17.8 Å². The van der Waals surface area contributed by atoms with E-state index in [0.717, 1.165) is 15.5 Å². The van der Waals surface area contributed by atoms with Gasteiger partial charge in [0.15, 0.2) is 0 Å². The molecule has 1 amide bonds. The molecular formula is C25H24N4O3S. The number of nitrogens with zero attached hydrogens (tertiary/aromatic N) is 3. The lowest BCUT2D eigenvalue weighted by Gasteiger charge is -2.20. The Hall–Kier alpha value is -3.78. The molecule has 2 heterocycles. The average Bonchev–Trinajstić information content (AvgIpc) is 3.28. The SMILES string of the molecule is COc1cc(OC)cc(C(NC(=O)c2ccc(Sc3ccccn3)cc2)c2nccn2C)c1. The van der Waals surface area contributed by atoms with Gasteiger partial charge in [-0.15, -0.1) is 0 Å². The van der Waals surface area contributed by atoms with Crippen molar-refractivity contribution >= 4 is 17.7 Å². The van der Waals surface area contributed by atoms with Gasteiger partial charge in [0.05, 0.1) is 14.2 Å². The molecule has 0 saturated carbocycles. The first kappa shape index (κ1) is 22.4. The molecule has 2 aromatic heterocycles. The highest BCUT2D eigenvalue weighted by molar-refractivity contribution is 7.99. The number of imidazole rings is 1. The molecule has 7 nitrogen and oxygen atoms in total. The molecule has 33 heavy (non-hydrogen) atoms. The second-order valence-corrected chi connectivity index (χ2v) is 8.34. The maximum absolute atomic E-state index is 13.2. The Morgan fingerprint density at radius 3 is 2.27 bits per heavy atom. The number of methoxy groups -OCH3 is 2. The van der Waals surface area contributed by atoms with E-state index >= 15 is 0 Å². The van der Waals surface area contributed by atoms with Crippen molar-refractivity contribution in [2.24, 2.45) is 7.05 Å². The van der Waals surface area contributed by atoms with Crippen LogP contribution in [0, 0.1) is 0 Å². The molecule has 0 fully saturated rings. The Labute approximate surface area is 196 Å². The zero-order valence-corrected chi connectivity index (χ0v) is 19.4. The van der Waals surface area contributed by atoms with Gasteiger partial charge in [0, 0.05) is 42.2 Å². The Morgan fingerprint density at radius 1 is 0.970 bits per heavy atom. The van der Waals surface area contributed by atoms with Crippen LogP contribution >= 0.6 is 11.8 Å². The number of hydrogen-bond donors (Lipinski definition) is 1. The van der Waals surface area contributed by atoms with Crippen molar-refractivity contribution in [3.05, 3.63) is 96.2 Å². The average molecular weight is 461 g/mol. The number of aryl methyl sites for hydroxylation is 1. The van der Waals surface area contributed by atoms with Crippen molar-refractivity contribution in [1.82, 2.24) is 19.9 Å². The van der Waals surface area contributed by atoms with E-state index in [0.29, 0.717) is 22.9 Å². The molecule has 0 aliphatic heterocycles. The fraction of sp³-hybridized carbons (Fsp3) is 0.160. The number of hydrogen-bond acceptors (Lipinski definition) is 6. The second-order valence-electron chi connectivity index (χ2n) is 7.24. The van der Waals surface area contributed by atoms with Gasteiger partial charge < -0.3 is 19.4 Å². The number of amides is 1. The molecule has 2 aromatic carbocycles. The molecule has 0 spiro atoms. The molecule has 0 bridgehead atoms. The number of ether oxygens (including phenoxy) is 2. The number of rotatable bonds is 8. The molecule has 0 aliphatic carbocycles. The number of pyridine rings is 1. The van der Waals surface area contributed by atoms with Crippen LogP contribution in [0.15, 0.2) is 89.2 Å². The molecule has 1 atom stereocenters. The molecule has 4 aromatic rings. The van der Waals surface area contributed by atoms with Crippen LogP contribution in [0.25, 0.3) is 0 Å². The molecule has 0 saturated heterocycles. The van der Waals surface area contributed by atoms with Crippen LogP contribution < -0.4 is 14.8 Å². The van der Waals surface area contributed by atoms with Crippen LogP contribution in [-0.2, 0) is 7.05 Å². The predicted octanol–water partition coefficient (Wildman–Crippen LogP) is 4.50. The summed E-state index contributed by atoms with van der Waals surface area (Å²) in [6, 6.07) is 18.3. The topological polar surface area (TPSA) is 78.3 Å². The molecule has 1 N–H and O–H groups in total. The summed E-state index contributed by atoms with van der Waals surface area (Å²) < 4.78 is 12.7. The Bertz CT molecular complexity index is 1200. The van der Waals surface area contributed by atoms with Crippen molar-refractivity contribution in [2.45, 2.75) is 16.0 Å². The van der Waals surface area contributed by atoms with Gasteiger partial charge in [-0.3, -0.25) is 4.79 Å². The maximum Gasteiger partial charge on any atom is 0.252 e. The van der Waals surface area contributed by atoms with Crippen LogP contribution in [0.1, 0.15) is 27.8 Å². The predicted molar refractivity (Wildman–Crippen MR) is 127 cm³/mol. The van der Waals surface area contributed by atoms with E-state index in [1.165, 1.54) is 0 Å². The zero-order chi connectivity index (χ0) is 23.2. The summed E-state index contributed by atoms with van der Waals surface area (Å²) in [6.07, 6.45) is 5.31. The molecule has 168 valence electrons. The minimum Gasteiger partial charge on any atom is -0.497 e. The van der Waals surface area contributed by atoms with Gasteiger partial charge in [-0.25, -0.2) is 9.97 Å². The first-order chi connectivity index (χ1) is 16.1. The smallest absolute Gasteiger partial charge is 0.252 e. The largest absolute Gasteiger partial charge is 0.497 e. The fourth-order valence-corrected chi connectivity index (χ4v) is 4.14. The van der Waals surface area contributed by atoms with Crippen molar-refractivity contribution in [3.8, 4) is 11.5 Å². The third-order valence-electron chi connectivity index (χ3n) is 5.08. The summed E-state index contributed by atoms with van der Waals surface area (Å²) >= 11 is 1.54. The molecule has 8 heteroatoms. The van der Waals surface area contributed by atoms with Gasteiger partial charge >= 0.3 is 0 Å². The normalized spacial score (nSPS) is 11.6. The second kappa shape index (κ2) is 10.2.